The average Bonchev–Trinajstić information content (AvgIpc) is 3.44. The number of likely N-dealkylation sites (tertiary alicyclic amines) is 2. The Hall–Kier alpha value is -2.70. The second kappa shape index (κ2) is 14.4. The number of fused-ring (bicyclic) bond motifs is 2. The number of hydrogen-bond acceptors (Lipinski definition) is 5. The molecule has 6 rings (SSSR count). The van der Waals surface area contributed by atoms with Crippen LogP contribution >= 0.6 is 39.1 Å². The predicted molar refractivity (Wildman–Crippen MR) is 188 cm³/mol. The SMILES string of the molecule is CN(C)S(=O)(=O)N=C(Oc1ccccc1)N1CCC(CC(=O)N2CCC(C3c4ncc(Br)cc4CCc4cc(Cl)cc(Cl)c43)CC2)C1. The smallest absolute Gasteiger partial charge is 0.326 e. The summed E-state index contributed by atoms with van der Waals surface area (Å²) in [6.07, 6.45) is 6.37. The number of carbonyl (C=O) groups excluding carboxylic acids is 1. The summed E-state index contributed by atoms with van der Waals surface area (Å²) < 4.78 is 37.3. The maximum Gasteiger partial charge on any atom is 0.326 e. The number of halogens is 3. The molecule has 9 nitrogen and oxygen atoms in total. The lowest BCUT2D eigenvalue weighted by molar-refractivity contribution is -0.133. The molecular formula is C34H38BrCl2N5O4S. The lowest BCUT2D eigenvalue weighted by Gasteiger charge is -2.37. The van der Waals surface area contributed by atoms with E-state index in [0.29, 0.717) is 48.4 Å². The summed E-state index contributed by atoms with van der Waals surface area (Å²) in [5.74, 6) is 0.970. The summed E-state index contributed by atoms with van der Waals surface area (Å²) in [6, 6.07) is 15.0. The summed E-state index contributed by atoms with van der Waals surface area (Å²) in [5.41, 5.74) is 4.57. The normalized spacial score (nSPS) is 20.6. The highest BCUT2D eigenvalue weighted by molar-refractivity contribution is 9.10. The van der Waals surface area contributed by atoms with Crippen LogP contribution in [0.1, 0.15) is 54.0 Å². The van der Waals surface area contributed by atoms with E-state index in [0.717, 1.165) is 52.1 Å². The minimum Gasteiger partial charge on any atom is -0.425 e. The molecule has 0 radical (unpaired) electrons. The molecule has 2 unspecified atom stereocenters. The number of ether oxygens (including phenoxy) is 1. The van der Waals surface area contributed by atoms with Crippen molar-refractivity contribution in [1.82, 2.24) is 19.1 Å². The topological polar surface area (TPSA) is 95.4 Å². The van der Waals surface area contributed by atoms with Gasteiger partial charge < -0.3 is 14.5 Å². The van der Waals surface area contributed by atoms with Gasteiger partial charge in [0.15, 0.2) is 0 Å². The highest BCUT2D eigenvalue weighted by Crippen LogP contribution is 2.46. The van der Waals surface area contributed by atoms with Crippen molar-refractivity contribution < 1.29 is 17.9 Å². The first-order chi connectivity index (χ1) is 22.5. The second-order valence-electron chi connectivity index (χ2n) is 12.7. The maximum atomic E-state index is 13.6. The first kappa shape index (κ1) is 34.2. The fourth-order valence-electron chi connectivity index (χ4n) is 6.98. The van der Waals surface area contributed by atoms with Crippen LogP contribution in [0.3, 0.4) is 0 Å². The molecule has 2 atom stereocenters. The van der Waals surface area contributed by atoms with Gasteiger partial charge in [0.05, 0.1) is 5.69 Å². The standard InChI is InChI=1S/C34H38BrCl2N5O4S/c1-40(2)47(44,45)39-34(46-28-6-4-3-5-7-28)42-13-10-22(21-42)16-30(43)41-14-11-23(12-15-41)32-31-24(18-27(36)19-29(31)37)8-9-25-17-26(35)20-38-33(25)32/h3-7,17-20,22-23,32H,8-16,21H2,1-2H3. The molecule has 0 bridgehead atoms. The van der Waals surface area contributed by atoms with Gasteiger partial charge in [-0.05, 0) is 107 Å². The largest absolute Gasteiger partial charge is 0.425 e. The van der Waals surface area contributed by atoms with Crippen molar-refractivity contribution in [2.24, 2.45) is 16.2 Å². The molecule has 0 saturated carbocycles. The molecule has 3 heterocycles. The zero-order valence-corrected chi connectivity index (χ0v) is 30.3. The van der Waals surface area contributed by atoms with Gasteiger partial charge >= 0.3 is 16.2 Å². The summed E-state index contributed by atoms with van der Waals surface area (Å²) in [6.45, 7) is 2.35. The zero-order valence-electron chi connectivity index (χ0n) is 26.4. The first-order valence-corrected chi connectivity index (χ1v) is 18.8. The fraction of sp³-hybridized carbons (Fsp3) is 0.441. The molecule has 3 aliphatic rings. The molecule has 2 aromatic carbocycles. The summed E-state index contributed by atoms with van der Waals surface area (Å²) in [4.78, 5) is 22.3. The Morgan fingerprint density at radius 2 is 1.72 bits per heavy atom. The van der Waals surface area contributed by atoms with Gasteiger partial charge in [-0.3, -0.25) is 9.78 Å². The lowest BCUT2D eigenvalue weighted by atomic mass is 9.76. The number of aryl methyl sites for hydroxylation is 2. The van der Waals surface area contributed by atoms with Crippen LogP contribution in [0.2, 0.25) is 10.0 Å². The summed E-state index contributed by atoms with van der Waals surface area (Å²) in [7, 11) is -1.05. The van der Waals surface area contributed by atoms with Gasteiger partial charge in [0, 0.05) is 73.3 Å². The van der Waals surface area contributed by atoms with Crippen molar-refractivity contribution in [3.8, 4) is 5.75 Å². The molecule has 0 N–H and O–H groups in total. The summed E-state index contributed by atoms with van der Waals surface area (Å²) >= 11 is 16.9. The third kappa shape index (κ3) is 7.80. The Bertz CT molecular complexity index is 1770. The molecule has 2 saturated heterocycles. The lowest BCUT2D eigenvalue weighted by Crippen LogP contribution is -2.41. The molecular weight excluding hydrogens is 725 g/mol. The molecule has 1 aliphatic carbocycles. The van der Waals surface area contributed by atoms with Gasteiger partial charge in [0.1, 0.15) is 5.75 Å². The minimum absolute atomic E-state index is 0.0187. The number of rotatable bonds is 6. The number of aromatic nitrogens is 1. The van der Waals surface area contributed by atoms with E-state index >= 15 is 0 Å². The van der Waals surface area contributed by atoms with E-state index in [2.05, 4.69) is 26.4 Å². The van der Waals surface area contributed by atoms with Crippen molar-refractivity contribution in [3.05, 3.63) is 91.6 Å². The predicted octanol–water partition coefficient (Wildman–Crippen LogP) is 6.57. The van der Waals surface area contributed by atoms with Crippen LogP contribution in [-0.4, -0.2) is 79.7 Å². The van der Waals surface area contributed by atoms with Gasteiger partial charge in [-0.1, -0.05) is 45.8 Å². The van der Waals surface area contributed by atoms with E-state index in [4.69, 9.17) is 32.9 Å². The third-order valence-electron chi connectivity index (χ3n) is 9.41. The molecule has 2 aliphatic heterocycles. The van der Waals surface area contributed by atoms with E-state index in [1.54, 1.807) is 12.1 Å². The van der Waals surface area contributed by atoms with Crippen molar-refractivity contribution >= 4 is 61.3 Å². The Balaban J connectivity index is 1.13. The number of benzene rings is 2. The third-order valence-corrected chi connectivity index (χ3v) is 11.7. The maximum absolute atomic E-state index is 13.6. The van der Waals surface area contributed by atoms with E-state index < -0.39 is 10.2 Å². The van der Waals surface area contributed by atoms with Crippen molar-refractivity contribution in [3.63, 3.8) is 0 Å². The van der Waals surface area contributed by atoms with Gasteiger partial charge in [0.25, 0.3) is 0 Å². The number of amidine groups is 1. The van der Waals surface area contributed by atoms with Gasteiger partial charge in [-0.15, -0.1) is 0 Å². The number of nitrogens with zero attached hydrogens (tertiary/aromatic N) is 5. The van der Waals surface area contributed by atoms with E-state index in [-0.39, 0.29) is 29.7 Å². The van der Waals surface area contributed by atoms with Crippen LogP contribution in [0.5, 0.6) is 5.75 Å². The van der Waals surface area contributed by atoms with Crippen molar-refractivity contribution in [2.45, 2.75) is 44.4 Å². The Labute approximate surface area is 295 Å². The molecule has 3 aromatic rings. The van der Waals surface area contributed by atoms with Gasteiger partial charge in [0.2, 0.25) is 5.91 Å². The average molecular weight is 764 g/mol. The molecule has 47 heavy (non-hydrogen) atoms. The Kier molecular flexibility index (Phi) is 10.5. The van der Waals surface area contributed by atoms with Crippen LogP contribution in [0.15, 0.2) is 63.6 Å². The fourth-order valence-corrected chi connectivity index (χ4v) is 8.52. The van der Waals surface area contributed by atoms with Crippen LogP contribution < -0.4 is 4.74 Å². The van der Waals surface area contributed by atoms with Crippen molar-refractivity contribution in [1.29, 1.82) is 0 Å². The summed E-state index contributed by atoms with van der Waals surface area (Å²) in [5, 5.41) is 1.32. The molecule has 0 spiro atoms. The first-order valence-electron chi connectivity index (χ1n) is 15.9. The van der Waals surface area contributed by atoms with Crippen LogP contribution in [0.25, 0.3) is 0 Å². The molecule has 2 fully saturated rings. The monoisotopic (exact) mass is 761 g/mol. The minimum atomic E-state index is -3.92. The Morgan fingerprint density at radius 3 is 2.45 bits per heavy atom. The zero-order chi connectivity index (χ0) is 33.3. The van der Waals surface area contributed by atoms with E-state index in [1.165, 1.54) is 25.2 Å². The number of piperidine rings is 1. The van der Waals surface area contributed by atoms with Crippen LogP contribution in [0, 0.1) is 11.8 Å². The highest BCUT2D eigenvalue weighted by atomic mass is 79.9. The van der Waals surface area contributed by atoms with Gasteiger partial charge in [-0.25, -0.2) is 0 Å². The van der Waals surface area contributed by atoms with E-state index in [9.17, 15) is 13.2 Å². The Morgan fingerprint density at radius 1 is 1.02 bits per heavy atom. The number of carbonyl (C=O) groups is 1. The molecule has 1 aromatic heterocycles. The number of amides is 1. The van der Waals surface area contributed by atoms with Gasteiger partial charge in [-0.2, -0.15) is 12.7 Å². The highest BCUT2D eigenvalue weighted by Gasteiger charge is 2.37. The van der Waals surface area contributed by atoms with Crippen LogP contribution in [-0.2, 0) is 27.8 Å². The quantitative estimate of drug-likeness (QED) is 0.208. The van der Waals surface area contributed by atoms with E-state index in [1.807, 2.05) is 46.3 Å². The molecule has 1 amide bonds. The molecule has 13 heteroatoms. The number of para-hydroxylation sites is 1. The van der Waals surface area contributed by atoms with Crippen LogP contribution in [0.4, 0.5) is 0 Å². The molecule has 250 valence electrons. The number of pyridine rings is 1. The second-order valence-corrected chi connectivity index (χ2v) is 16.3. The number of hydrogen-bond donors (Lipinski definition) is 0. The van der Waals surface area contributed by atoms with Crippen molar-refractivity contribution in [2.75, 3.05) is 40.3 Å².